The van der Waals surface area contributed by atoms with Gasteiger partial charge in [0.1, 0.15) is 13.2 Å². The maximum Gasteiger partial charge on any atom is 0.306 e. The Morgan fingerprint density at radius 1 is 0.299 bits per heavy atom. The Morgan fingerprint density at radius 2 is 0.537 bits per heavy atom. The summed E-state index contributed by atoms with van der Waals surface area (Å²) in [5, 5.41) is 0. The molecule has 0 aromatic rings. The molecule has 1 atom stereocenters. The van der Waals surface area contributed by atoms with E-state index in [0.717, 1.165) is 83.5 Å². The van der Waals surface area contributed by atoms with E-state index in [1.54, 1.807) is 0 Å². The second-order valence-corrected chi connectivity index (χ2v) is 19.5. The molecule has 0 heterocycles. The minimum Gasteiger partial charge on any atom is -0.462 e. The van der Waals surface area contributed by atoms with Gasteiger partial charge in [-0.2, -0.15) is 0 Å². The predicted molar refractivity (Wildman–Crippen MR) is 289 cm³/mol. The van der Waals surface area contributed by atoms with Crippen molar-refractivity contribution in [1.29, 1.82) is 0 Å². The number of rotatable bonds is 53. The van der Waals surface area contributed by atoms with Crippen molar-refractivity contribution in [3.63, 3.8) is 0 Å². The molecule has 0 N–H and O–H groups in total. The minimum atomic E-state index is -0.780. The van der Waals surface area contributed by atoms with Crippen LogP contribution in [0.3, 0.4) is 0 Å². The van der Waals surface area contributed by atoms with Crippen molar-refractivity contribution in [2.24, 2.45) is 0 Å². The molecule has 0 saturated heterocycles. The van der Waals surface area contributed by atoms with Gasteiger partial charge in [0, 0.05) is 19.3 Å². The Labute approximate surface area is 416 Å². The molecule has 0 aromatic carbocycles. The van der Waals surface area contributed by atoms with E-state index in [1.165, 1.54) is 180 Å². The van der Waals surface area contributed by atoms with Crippen LogP contribution in [-0.2, 0) is 28.6 Å². The third kappa shape index (κ3) is 54.2. The largest absolute Gasteiger partial charge is 0.462 e. The number of hydrogen-bond acceptors (Lipinski definition) is 6. The lowest BCUT2D eigenvalue weighted by molar-refractivity contribution is -0.167. The van der Waals surface area contributed by atoms with Gasteiger partial charge in [-0.15, -0.1) is 0 Å². The zero-order chi connectivity index (χ0) is 48.6. The first-order valence-electron chi connectivity index (χ1n) is 29.1. The van der Waals surface area contributed by atoms with Crippen LogP contribution in [0.5, 0.6) is 0 Å². The third-order valence-electron chi connectivity index (χ3n) is 12.8. The number of esters is 3. The summed E-state index contributed by atoms with van der Waals surface area (Å²) in [6.07, 6.45) is 68.2. The van der Waals surface area contributed by atoms with Crippen LogP contribution in [0.25, 0.3) is 0 Å². The molecule has 390 valence electrons. The summed E-state index contributed by atoms with van der Waals surface area (Å²) in [5.74, 6) is -0.887. The van der Waals surface area contributed by atoms with Crippen molar-refractivity contribution < 1.29 is 28.6 Å². The van der Waals surface area contributed by atoms with Crippen molar-refractivity contribution >= 4 is 17.9 Å². The van der Waals surface area contributed by atoms with Crippen molar-refractivity contribution in [3.8, 4) is 0 Å². The lowest BCUT2D eigenvalue weighted by Crippen LogP contribution is -2.30. The monoisotopic (exact) mass is 939 g/mol. The Bertz CT molecular complexity index is 1170. The topological polar surface area (TPSA) is 78.9 Å². The molecule has 0 aliphatic rings. The van der Waals surface area contributed by atoms with Gasteiger partial charge >= 0.3 is 17.9 Å². The molecule has 0 aromatic heterocycles. The van der Waals surface area contributed by atoms with Crippen LogP contribution in [-0.4, -0.2) is 37.2 Å². The lowest BCUT2D eigenvalue weighted by Gasteiger charge is -2.18. The van der Waals surface area contributed by atoms with Gasteiger partial charge < -0.3 is 14.2 Å². The van der Waals surface area contributed by atoms with Gasteiger partial charge in [0.05, 0.1) is 0 Å². The number of carbonyl (C=O) groups is 3. The van der Waals surface area contributed by atoms with E-state index in [0.29, 0.717) is 19.3 Å². The highest BCUT2D eigenvalue weighted by Gasteiger charge is 2.19. The third-order valence-corrected chi connectivity index (χ3v) is 12.8. The number of hydrogen-bond donors (Lipinski definition) is 0. The van der Waals surface area contributed by atoms with Gasteiger partial charge in [0.15, 0.2) is 6.10 Å². The summed E-state index contributed by atoms with van der Waals surface area (Å²) < 4.78 is 16.8. The molecule has 6 heteroatoms. The Balaban J connectivity index is 4.28. The first-order chi connectivity index (χ1) is 33.0. The average molecular weight is 940 g/mol. The zero-order valence-electron chi connectivity index (χ0n) is 44.7. The Morgan fingerprint density at radius 3 is 0.851 bits per heavy atom. The molecule has 0 spiro atoms. The molecule has 0 saturated carbocycles. The van der Waals surface area contributed by atoms with E-state index in [9.17, 15) is 14.4 Å². The van der Waals surface area contributed by atoms with Crippen molar-refractivity contribution in [1.82, 2.24) is 0 Å². The fourth-order valence-corrected chi connectivity index (χ4v) is 8.35. The molecular weight excluding hydrogens is 829 g/mol. The summed E-state index contributed by atoms with van der Waals surface area (Å²) in [5.41, 5.74) is 0. The Kier molecular flexibility index (Phi) is 53.8. The van der Waals surface area contributed by atoms with Crippen LogP contribution in [0.1, 0.15) is 303 Å². The molecular formula is C61H110O6. The molecule has 1 unspecified atom stereocenters. The van der Waals surface area contributed by atoms with Gasteiger partial charge in [-0.3, -0.25) is 14.4 Å². The van der Waals surface area contributed by atoms with Crippen LogP contribution in [0, 0.1) is 0 Å². The molecule has 0 fully saturated rings. The van der Waals surface area contributed by atoms with E-state index >= 15 is 0 Å². The molecule has 0 bridgehead atoms. The van der Waals surface area contributed by atoms with Crippen molar-refractivity contribution in [2.45, 2.75) is 309 Å². The molecule has 0 aliphatic carbocycles. The normalized spacial score (nSPS) is 12.3. The quantitative estimate of drug-likeness (QED) is 0.0262. The molecule has 0 rings (SSSR count). The number of unbranched alkanes of at least 4 members (excludes halogenated alkanes) is 34. The molecule has 0 amide bonds. The van der Waals surface area contributed by atoms with Gasteiger partial charge in [-0.25, -0.2) is 0 Å². The number of ether oxygens (including phenoxy) is 3. The van der Waals surface area contributed by atoms with E-state index in [-0.39, 0.29) is 31.1 Å². The van der Waals surface area contributed by atoms with Crippen LogP contribution in [0.2, 0.25) is 0 Å². The fraction of sp³-hybridized carbons (Fsp3) is 0.820. The number of allylic oxidation sites excluding steroid dienone is 8. The Hall–Kier alpha value is -2.63. The van der Waals surface area contributed by atoms with E-state index < -0.39 is 6.10 Å². The lowest BCUT2D eigenvalue weighted by atomic mass is 10.0. The molecule has 6 nitrogen and oxygen atoms in total. The van der Waals surface area contributed by atoms with Gasteiger partial charge in [0.2, 0.25) is 0 Å². The highest BCUT2D eigenvalue weighted by Crippen LogP contribution is 2.15. The fourth-order valence-electron chi connectivity index (χ4n) is 8.35. The van der Waals surface area contributed by atoms with Crippen LogP contribution >= 0.6 is 0 Å². The number of carbonyl (C=O) groups excluding carboxylic acids is 3. The van der Waals surface area contributed by atoms with Crippen molar-refractivity contribution in [3.05, 3.63) is 48.6 Å². The summed E-state index contributed by atoms with van der Waals surface area (Å²) >= 11 is 0. The zero-order valence-corrected chi connectivity index (χ0v) is 44.7. The summed E-state index contributed by atoms with van der Waals surface area (Å²) in [4.78, 5) is 38.1. The standard InChI is InChI=1S/C61H110O6/c1-4-7-10-13-16-19-22-25-26-27-28-29-30-31-32-33-34-37-39-42-45-48-51-54-60(63)66-57-58(67-61(64)55-52-49-46-43-40-36-24-21-18-15-12-9-6-3)56-65-59(62)53-50-47-44-41-38-35-23-20-17-14-11-8-5-2/h20-25,27-28,58H,4-19,26,29-57H2,1-3H3/b23-20-,24-21-,25-22-,28-27-. The van der Waals surface area contributed by atoms with E-state index in [1.807, 2.05) is 0 Å². The molecule has 0 aliphatic heterocycles. The van der Waals surface area contributed by atoms with Gasteiger partial charge in [-0.05, 0) is 103 Å². The average Bonchev–Trinajstić information content (AvgIpc) is 3.33. The maximum atomic E-state index is 12.8. The van der Waals surface area contributed by atoms with Gasteiger partial charge in [-0.1, -0.05) is 230 Å². The van der Waals surface area contributed by atoms with Crippen LogP contribution in [0.15, 0.2) is 48.6 Å². The smallest absolute Gasteiger partial charge is 0.306 e. The first-order valence-corrected chi connectivity index (χ1v) is 29.1. The SMILES string of the molecule is CCCCCC/C=C\CCCCCCCC(=O)OCC(COC(=O)CCCCCCCCCCCCC/C=C\C/C=C\CCCCCCC)OC(=O)CCCCCCC/C=C\CCCCCC. The highest BCUT2D eigenvalue weighted by molar-refractivity contribution is 5.71. The second-order valence-electron chi connectivity index (χ2n) is 19.5. The van der Waals surface area contributed by atoms with Crippen molar-refractivity contribution in [2.75, 3.05) is 13.2 Å². The maximum absolute atomic E-state index is 12.8. The second kappa shape index (κ2) is 56.0. The highest BCUT2D eigenvalue weighted by atomic mass is 16.6. The molecule has 0 radical (unpaired) electrons. The van der Waals surface area contributed by atoms with Crippen LogP contribution in [0.4, 0.5) is 0 Å². The van der Waals surface area contributed by atoms with E-state index in [2.05, 4.69) is 69.4 Å². The summed E-state index contributed by atoms with van der Waals surface area (Å²) in [7, 11) is 0. The first kappa shape index (κ1) is 64.4. The summed E-state index contributed by atoms with van der Waals surface area (Å²) in [6.45, 7) is 6.61. The van der Waals surface area contributed by atoms with Crippen LogP contribution < -0.4 is 0 Å². The molecule has 67 heavy (non-hydrogen) atoms. The summed E-state index contributed by atoms with van der Waals surface area (Å²) in [6, 6.07) is 0. The van der Waals surface area contributed by atoms with E-state index in [4.69, 9.17) is 14.2 Å². The van der Waals surface area contributed by atoms with Gasteiger partial charge in [0.25, 0.3) is 0 Å². The minimum absolute atomic E-state index is 0.0786. The predicted octanol–water partition coefficient (Wildman–Crippen LogP) is 19.4.